The molecule has 0 spiro atoms. The normalized spacial score (nSPS) is 14.6. The lowest BCUT2D eigenvalue weighted by Crippen LogP contribution is -2.40. The van der Waals surface area contributed by atoms with Gasteiger partial charge in [-0.3, -0.25) is 4.21 Å². The fourth-order valence-electron chi connectivity index (χ4n) is 1.43. The first-order chi connectivity index (χ1) is 7.71. The van der Waals surface area contributed by atoms with Crippen molar-refractivity contribution in [3.05, 3.63) is 35.9 Å². The molecule has 2 N–H and O–H groups in total. The maximum Gasteiger partial charge on any atom is 0.284 e. The van der Waals surface area contributed by atoms with Gasteiger partial charge in [-0.1, -0.05) is 30.3 Å². The molecule has 96 valence electrons. The van der Waals surface area contributed by atoms with E-state index in [0.717, 1.165) is 0 Å². The van der Waals surface area contributed by atoms with Crippen molar-refractivity contribution in [2.75, 3.05) is 11.5 Å². The fourth-order valence-corrected chi connectivity index (χ4v) is 2.94. The van der Waals surface area contributed by atoms with Crippen molar-refractivity contribution in [1.29, 1.82) is 0 Å². The van der Waals surface area contributed by atoms with Gasteiger partial charge in [-0.05, 0) is 13.8 Å². The van der Waals surface area contributed by atoms with E-state index in [9.17, 15) is 13.0 Å². The van der Waals surface area contributed by atoms with Gasteiger partial charge in [-0.25, -0.2) is 8.78 Å². The molecule has 0 radical (unpaired) electrons. The van der Waals surface area contributed by atoms with Crippen molar-refractivity contribution in [1.82, 2.24) is 0 Å². The van der Waals surface area contributed by atoms with Crippen LogP contribution in [-0.4, -0.2) is 21.3 Å². The van der Waals surface area contributed by atoms with Gasteiger partial charge in [-0.2, -0.15) is 0 Å². The van der Waals surface area contributed by atoms with Crippen LogP contribution in [0.4, 0.5) is 8.78 Å². The van der Waals surface area contributed by atoms with Gasteiger partial charge in [0.25, 0.3) is 5.92 Å². The molecular formula is C12H17F2NOS. The van der Waals surface area contributed by atoms with Crippen LogP contribution in [0.25, 0.3) is 0 Å². The molecule has 17 heavy (non-hydrogen) atoms. The van der Waals surface area contributed by atoms with Crippen molar-refractivity contribution in [3.63, 3.8) is 0 Å². The predicted octanol–water partition coefficient (Wildman–Crippen LogP) is 2.26. The Morgan fingerprint density at radius 2 is 1.71 bits per heavy atom. The third-order valence-corrected chi connectivity index (χ3v) is 3.82. The number of rotatable bonds is 5. The Balaban J connectivity index is 2.71. The van der Waals surface area contributed by atoms with E-state index >= 15 is 0 Å². The van der Waals surface area contributed by atoms with Gasteiger partial charge < -0.3 is 5.73 Å². The second kappa shape index (κ2) is 5.23. The largest absolute Gasteiger partial charge is 0.325 e. The Bertz CT molecular complexity index is 387. The summed E-state index contributed by atoms with van der Waals surface area (Å²) < 4.78 is 39.1. The van der Waals surface area contributed by atoms with Crippen LogP contribution in [0.3, 0.4) is 0 Å². The molecule has 0 bridgehead atoms. The first kappa shape index (κ1) is 14.3. The van der Waals surface area contributed by atoms with Crippen molar-refractivity contribution in [2.24, 2.45) is 5.73 Å². The molecule has 0 fully saturated rings. The highest BCUT2D eigenvalue weighted by molar-refractivity contribution is 7.85. The van der Waals surface area contributed by atoms with Gasteiger partial charge in [0.05, 0.1) is 5.75 Å². The average molecular weight is 261 g/mol. The predicted molar refractivity (Wildman–Crippen MR) is 66.5 cm³/mol. The molecule has 5 heteroatoms. The molecule has 1 aromatic carbocycles. The van der Waals surface area contributed by atoms with E-state index in [0.29, 0.717) is 0 Å². The molecule has 1 rings (SSSR count). The lowest BCUT2D eigenvalue weighted by Gasteiger charge is -2.21. The maximum atomic E-state index is 13.7. The number of halogens is 2. The van der Waals surface area contributed by atoms with Crippen molar-refractivity contribution < 1.29 is 13.0 Å². The van der Waals surface area contributed by atoms with Crippen LogP contribution in [-0.2, 0) is 16.7 Å². The first-order valence-electron chi connectivity index (χ1n) is 5.28. The third kappa shape index (κ3) is 4.91. The van der Waals surface area contributed by atoms with Crippen molar-refractivity contribution >= 4 is 10.8 Å². The summed E-state index contributed by atoms with van der Waals surface area (Å²) in [5.41, 5.74) is 4.85. The maximum absolute atomic E-state index is 13.7. The third-order valence-electron chi connectivity index (χ3n) is 2.07. The minimum absolute atomic E-state index is 0.0649. The number of benzene rings is 1. The number of alkyl halides is 2. The van der Waals surface area contributed by atoms with E-state index < -0.39 is 28.0 Å². The van der Waals surface area contributed by atoms with E-state index in [2.05, 4.69) is 0 Å². The van der Waals surface area contributed by atoms with Crippen LogP contribution in [0.15, 0.2) is 30.3 Å². The summed E-state index contributed by atoms with van der Waals surface area (Å²) >= 11 is 0. The standard InChI is InChI=1S/C12H17F2NOS/c1-11(2,15)8-17(16)9-12(13,14)10-6-4-3-5-7-10/h3-7H,8-9,15H2,1-2H3. The molecule has 1 unspecified atom stereocenters. The molecule has 0 aliphatic carbocycles. The Kier molecular flexibility index (Phi) is 4.38. The molecule has 1 aromatic rings. The van der Waals surface area contributed by atoms with Gasteiger partial charge in [0, 0.05) is 27.7 Å². The van der Waals surface area contributed by atoms with E-state index in [1.807, 2.05) is 0 Å². The van der Waals surface area contributed by atoms with E-state index in [-0.39, 0.29) is 11.3 Å². The summed E-state index contributed by atoms with van der Waals surface area (Å²) in [4.78, 5) is 0. The summed E-state index contributed by atoms with van der Waals surface area (Å²) in [7, 11) is -1.63. The number of nitrogens with two attached hydrogens (primary N) is 1. The minimum atomic E-state index is -3.07. The Hall–Kier alpha value is -0.810. The van der Waals surface area contributed by atoms with Crippen molar-refractivity contribution in [2.45, 2.75) is 25.3 Å². The SMILES string of the molecule is CC(C)(N)CS(=O)CC(F)(F)c1ccccc1. The molecule has 1 atom stereocenters. The smallest absolute Gasteiger partial charge is 0.284 e. The zero-order chi connectivity index (χ0) is 13.1. The van der Waals surface area contributed by atoms with Crippen LogP contribution < -0.4 is 5.73 Å². The number of hydrogen-bond acceptors (Lipinski definition) is 2. The van der Waals surface area contributed by atoms with Crippen LogP contribution in [0.1, 0.15) is 19.4 Å². The molecule has 2 nitrogen and oxygen atoms in total. The summed E-state index contributed by atoms with van der Waals surface area (Å²) in [6.07, 6.45) is 0. The molecule has 0 saturated carbocycles. The average Bonchev–Trinajstić information content (AvgIpc) is 2.15. The molecule has 0 aliphatic rings. The molecular weight excluding hydrogens is 244 g/mol. The minimum Gasteiger partial charge on any atom is -0.325 e. The van der Waals surface area contributed by atoms with Gasteiger partial charge in [0.15, 0.2) is 0 Å². The van der Waals surface area contributed by atoms with E-state index in [4.69, 9.17) is 5.73 Å². The first-order valence-corrected chi connectivity index (χ1v) is 6.77. The van der Waals surface area contributed by atoms with E-state index in [1.54, 1.807) is 32.0 Å². The molecule has 0 aromatic heterocycles. The second-order valence-corrected chi connectivity index (χ2v) is 6.24. The van der Waals surface area contributed by atoms with Crippen LogP contribution in [0, 0.1) is 0 Å². The summed E-state index contributed by atoms with van der Waals surface area (Å²) in [5, 5.41) is 0. The van der Waals surface area contributed by atoms with Crippen LogP contribution in [0.2, 0.25) is 0 Å². The van der Waals surface area contributed by atoms with E-state index in [1.165, 1.54) is 12.1 Å². The highest BCUT2D eigenvalue weighted by Gasteiger charge is 2.34. The summed E-state index contributed by atoms with van der Waals surface area (Å²) in [5.74, 6) is -3.69. The zero-order valence-corrected chi connectivity index (χ0v) is 10.8. The lowest BCUT2D eigenvalue weighted by atomic mass is 10.1. The monoisotopic (exact) mass is 261 g/mol. The topological polar surface area (TPSA) is 43.1 Å². The number of hydrogen-bond donors (Lipinski definition) is 1. The Morgan fingerprint density at radius 1 is 1.18 bits per heavy atom. The summed E-state index contributed by atoms with van der Waals surface area (Å²) in [6.45, 7) is 3.34. The Labute approximate surface area is 103 Å². The van der Waals surface area contributed by atoms with Gasteiger partial charge in [0.1, 0.15) is 0 Å². The van der Waals surface area contributed by atoms with Gasteiger partial charge in [0.2, 0.25) is 0 Å². The molecule has 0 aliphatic heterocycles. The zero-order valence-electron chi connectivity index (χ0n) is 9.95. The highest BCUT2D eigenvalue weighted by Crippen LogP contribution is 2.28. The quantitative estimate of drug-likeness (QED) is 0.883. The highest BCUT2D eigenvalue weighted by atomic mass is 32.2. The molecule has 0 saturated heterocycles. The van der Waals surface area contributed by atoms with Gasteiger partial charge >= 0.3 is 0 Å². The summed E-state index contributed by atoms with van der Waals surface area (Å²) in [6, 6.07) is 7.42. The molecule has 0 heterocycles. The Morgan fingerprint density at radius 3 is 2.18 bits per heavy atom. The fraction of sp³-hybridized carbons (Fsp3) is 0.500. The van der Waals surface area contributed by atoms with Crippen molar-refractivity contribution in [3.8, 4) is 0 Å². The van der Waals surface area contributed by atoms with Gasteiger partial charge in [-0.15, -0.1) is 0 Å². The van der Waals surface area contributed by atoms with Crippen LogP contribution >= 0.6 is 0 Å². The molecule has 0 amide bonds. The lowest BCUT2D eigenvalue weighted by molar-refractivity contribution is 0.0222. The van der Waals surface area contributed by atoms with Crippen LogP contribution in [0.5, 0.6) is 0 Å². The second-order valence-electron chi connectivity index (χ2n) is 4.79.